The zero-order chi connectivity index (χ0) is 22.5. The third-order valence-electron chi connectivity index (χ3n) is 6.40. The average Bonchev–Trinajstić information content (AvgIpc) is 3.52. The van der Waals surface area contributed by atoms with Crippen molar-refractivity contribution in [3.63, 3.8) is 0 Å². The molecule has 1 aliphatic rings. The topological polar surface area (TPSA) is 65.2 Å². The predicted octanol–water partition coefficient (Wildman–Crippen LogP) is 4.19. The van der Waals surface area contributed by atoms with Gasteiger partial charge in [-0.15, -0.1) is 0 Å². The molecule has 7 nitrogen and oxygen atoms in total. The van der Waals surface area contributed by atoms with Crippen molar-refractivity contribution in [1.29, 1.82) is 0 Å². The van der Waals surface area contributed by atoms with E-state index in [2.05, 4.69) is 12.0 Å². The van der Waals surface area contributed by atoms with Gasteiger partial charge in [-0.2, -0.15) is 5.10 Å². The van der Waals surface area contributed by atoms with Gasteiger partial charge >= 0.3 is 0 Å². The van der Waals surface area contributed by atoms with Crippen molar-refractivity contribution in [2.75, 3.05) is 13.7 Å². The lowest BCUT2D eigenvalue weighted by Crippen LogP contribution is -2.44. The number of hydrogen-bond donors (Lipinski definition) is 0. The molecule has 1 aliphatic heterocycles. The minimum atomic E-state index is -0.658. The van der Waals surface area contributed by atoms with E-state index in [1.807, 2.05) is 71.2 Å². The van der Waals surface area contributed by atoms with Crippen LogP contribution in [0.3, 0.4) is 0 Å². The largest absolute Gasteiger partial charge is 0.380 e. The van der Waals surface area contributed by atoms with Crippen LogP contribution in [0, 0.1) is 0 Å². The second-order valence-electron chi connectivity index (χ2n) is 8.35. The van der Waals surface area contributed by atoms with Crippen LogP contribution in [0.5, 0.6) is 0 Å². The first-order chi connectivity index (χ1) is 15.4. The Hall–Kier alpha value is -3.16. The number of fused-ring (bicyclic) bond motifs is 1. The summed E-state index contributed by atoms with van der Waals surface area (Å²) in [6.07, 6.45) is 4.09. The third kappa shape index (κ3) is 3.20. The number of nitrogens with zero attached hydrogens (tertiary/aromatic N) is 5. The molecular weight excluding hydrogens is 426 g/mol. The van der Waals surface area contributed by atoms with E-state index in [-0.39, 0.29) is 12.0 Å². The highest BCUT2D eigenvalue weighted by atomic mass is 35.5. The number of rotatable bonds is 4. The van der Waals surface area contributed by atoms with E-state index in [9.17, 15) is 4.79 Å². The van der Waals surface area contributed by atoms with Gasteiger partial charge in [-0.25, -0.2) is 9.67 Å². The van der Waals surface area contributed by atoms with E-state index < -0.39 is 5.54 Å². The van der Waals surface area contributed by atoms with Crippen LogP contribution in [0.15, 0.2) is 60.9 Å². The quantitative estimate of drug-likeness (QED) is 0.468. The molecule has 0 radical (unpaired) electrons. The molecule has 2 aromatic carbocycles. The van der Waals surface area contributed by atoms with Gasteiger partial charge in [0, 0.05) is 44.5 Å². The average molecular weight is 450 g/mol. The number of methoxy groups -OCH3 is 1. The van der Waals surface area contributed by atoms with Crippen LogP contribution in [0.1, 0.15) is 29.5 Å². The highest BCUT2D eigenvalue weighted by molar-refractivity contribution is 6.31. The first-order valence-corrected chi connectivity index (χ1v) is 10.9. The van der Waals surface area contributed by atoms with Crippen LogP contribution in [0.2, 0.25) is 5.02 Å². The highest BCUT2D eigenvalue weighted by Crippen LogP contribution is 2.41. The van der Waals surface area contributed by atoms with Crippen molar-refractivity contribution in [1.82, 2.24) is 24.2 Å². The number of halogens is 1. The molecule has 164 valence electrons. The molecule has 3 heterocycles. The zero-order valence-electron chi connectivity index (χ0n) is 18.2. The molecule has 1 saturated heterocycles. The number of ether oxygens (including phenoxy) is 1. The molecule has 32 heavy (non-hydrogen) atoms. The number of aryl methyl sites for hydroxylation is 1. The van der Waals surface area contributed by atoms with E-state index in [0.717, 1.165) is 22.5 Å². The second-order valence-corrected chi connectivity index (χ2v) is 8.78. The molecule has 0 aliphatic carbocycles. The minimum absolute atomic E-state index is 0.0803. The molecule has 0 spiro atoms. The van der Waals surface area contributed by atoms with Crippen molar-refractivity contribution in [3.05, 3.63) is 77.3 Å². The maximum absolute atomic E-state index is 14.0. The molecule has 0 N–H and O–H groups in total. The van der Waals surface area contributed by atoms with Crippen LogP contribution in [0.25, 0.3) is 16.7 Å². The van der Waals surface area contributed by atoms with Crippen LogP contribution >= 0.6 is 11.6 Å². The lowest BCUT2D eigenvalue weighted by molar-refractivity contribution is 0.0585. The summed E-state index contributed by atoms with van der Waals surface area (Å²) in [6.45, 7) is 2.53. The monoisotopic (exact) mass is 449 g/mol. The van der Waals surface area contributed by atoms with Crippen LogP contribution in [-0.4, -0.2) is 49.9 Å². The minimum Gasteiger partial charge on any atom is -0.380 e. The predicted molar refractivity (Wildman–Crippen MR) is 123 cm³/mol. The smallest absolute Gasteiger partial charge is 0.256 e. The third-order valence-corrected chi connectivity index (χ3v) is 6.63. The van der Waals surface area contributed by atoms with Crippen molar-refractivity contribution in [3.8, 4) is 5.69 Å². The van der Waals surface area contributed by atoms with E-state index >= 15 is 0 Å². The summed E-state index contributed by atoms with van der Waals surface area (Å²) in [7, 11) is 3.66. The van der Waals surface area contributed by atoms with Gasteiger partial charge in [0.05, 0.1) is 28.4 Å². The Bertz CT molecular complexity index is 1300. The summed E-state index contributed by atoms with van der Waals surface area (Å²) in [4.78, 5) is 20.8. The Morgan fingerprint density at radius 1 is 1.22 bits per heavy atom. The summed E-state index contributed by atoms with van der Waals surface area (Å²) in [5.41, 5.74) is 2.44. The molecule has 8 heteroatoms. The van der Waals surface area contributed by atoms with E-state index in [4.69, 9.17) is 21.3 Å². The van der Waals surface area contributed by atoms with E-state index in [1.54, 1.807) is 18.0 Å². The van der Waals surface area contributed by atoms with Gasteiger partial charge in [0.25, 0.3) is 5.91 Å². The fourth-order valence-electron chi connectivity index (χ4n) is 4.77. The van der Waals surface area contributed by atoms with Crippen LogP contribution < -0.4 is 0 Å². The summed E-state index contributed by atoms with van der Waals surface area (Å²) < 4.78 is 9.47. The van der Waals surface area contributed by atoms with E-state index in [1.165, 1.54) is 0 Å². The number of carbonyl (C=O) groups excluding carboxylic acids is 1. The molecule has 4 aromatic rings. The Kier molecular flexibility index (Phi) is 5.03. The molecule has 2 aromatic heterocycles. The lowest BCUT2D eigenvalue weighted by Gasteiger charge is -2.34. The number of benzene rings is 2. The number of carbonyl (C=O) groups is 1. The highest BCUT2D eigenvalue weighted by Gasteiger charge is 2.49. The van der Waals surface area contributed by atoms with Crippen molar-refractivity contribution >= 4 is 28.5 Å². The van der Waals surface area contributed by atoms with E-state index in [0.29, 0.717) is 23.6 Å². The molecule has 5 rings (SSSR count). The van der Waals surface area contributed by atoms with Crippen LogP contribution in [-0.2, 0) is 17.3 Å². The number of aromatic nitrogens is 4. The van der Waals surface area contributed by atoms with Gasteiger partial charge in [-0.05, 0) is 43.3 Å². The van der Waals surface area contributed by atoms with Crippen molar-refractivity contribution in [2.24, 2.45) is 7.05 Å². The standard InChI is InChI=1S/C24H24ClN5O2/c1-24(23-27-19-13-16(25)9-10-21(19)28(23)2)14-17(32-3)15-29(24)22(31)18-7-4-5-8-20(18)30-12-6-11-26-30/h4-13,17H,14-15H2,1-3H3/t17-,24?/m1/s1. The van der Waals surface area contributed by atoms with Crippen LogP contribution in [0.4, 0.5) is 0 Å². The first kappa shape index (κ1) is 20.7. The van der Waals surface area contributed by atoms with Gasteiger partial charge in [0.15, 0.2) is 0 Å². The molecular formula is C24H24ClN5O2. The number of likely N-dealkylation sites (tertiary alicyclic amines) is 1. The summed E-state index contributed by atoms with van der Waals surface area (Å²) in [5, 5.41) is 4.96. The summed E-state index contributed by atoms with van der Waals surface area (Å²) >= 11 is 6.20. The normalized spacial score (nSPS) is 20.9. The van der Waals surface area contributed by atoms with Gasteiger partial charge in [-0.3, -0.25) is 4.79 Å². The van der Waals surface area contributed by atoms with Gasteiger partial charge in [0.1, 0.15) is 11.4 Å². The van der Waals surface area contributed by atoms with Crippen molar-refractivity contribution in [2.45, 2.75) is 25.0 Å². The molecule has 2 atom stereocenters. The number of amides is 1. The van der Waals surface area contributed by atoms with Gasteiger partial charge in [0.2, 0.25) is 0 Å². The second kappa shape index (κ2) is 7.76. The Morgan fingerprint density at radius 3 is 2.78 bits per heavy atom. The number of hydrogen-bond acceptors (Lipinski definition) is 4. The fraction of sp³-hybridized carbons (Fsp3) is 0.292. The van der Waals surface area contributed by atoms with Gasteiger partial charge < -0.3 is 14.2 Å². The Morgan fingerprint density at radius 2 is 2.03 bits per heavy atom. The maximum atomic E-state index is 14.0. The number of para-hydroxylation sites is 1. The molecule has 1 amide bonds. The molecule has 0 saturated carbocycles. The fourth-order valence-corrected chi connectivity index (χ4v) is 4.93. The molecule has 0 bridgehead atoms. The zero-order valence-corrected chi connectivity index (χ0v) is 19.0. The maximum Gasteiger partial charge on any atom is 0.256 e. The SMILES string of the molecule is CO[C@H]1CN(C(=O)c2ccccc2-n2cccn2)C(C)(c2nc3cc(Cl)ccc3n2C)C1. The first-order valence-electron chi connectivity index (χ1n) is 10.5. The Labute approximate surface area is 191 Å². The number of imidazole rings is 1. The lowest BCUT2D eigenvalue weighted by atomic mass is 9.95. The molecule has 1 fully saturated rings. The van der Waals surface area contributed by atoms with Crippen molar-refractivity contribution < 1.29 is 9.53 Å². The Balaban J connectivity index is 1.63. The summed E-state index contributed by atoms with van der Waals surface area (Å²) in [6, 6.07) is 15.0. The molecule has 1 unspecified atom stereocenters. The summed E-state index contributed by atoms with van der Waals surface area (Å²) in [5.74, 6) is 0.725. The van der Waals surface area contributed by atoms with Gasteiger partial charge in [-0.1, -0.05) is 23.7 Å².